The van der Waals surface area contributed by atoms with Gasteiger partial charge in [-0.2, -0.15) is 0 Å². The summed E-state index contributed by atoms with van der Waals surface area (Å²) in [7, 11) is 0. The van der Waals surface area contributed by atoms with Crippen molar-refractivity contribution >= 4 is 23.3 Å². The Bertz CT molecular complexity index is 349. The fraction of sp³-hybridized carbons (Fsp3) is 0.444. The summed E-state index contributed by atoms with van der Waals surface area (Å²) in [6.45, 7) is 0.643. The van der Waals surface area contributed by atoms with Crippen molar-refractivity contribution < 1.29 is 9.53 Å². The van der Waals surface area contributed by atoms with E-state index in [0.717, 1.165) is 12.8 Å². The third-order valence-electron chi connectivity index (χ3n) is 2.09. The van der Waals surface area contributed by atoms with Crippen molar-refractivity contribution in [1.29, 1.82) is 0 Å². The number of ether oxygens (including phenoxy) is 1. The normalized spacial score (nSPS) is 20.2. The summed E-state index contributed by atoms with van der Waals surface area (Å²) in [5.74, 6) is 0.212. The first-order valence-electron chi connectivity index (χ1n) is 4.66. The molecule has 1 N–H and O–H groups in total. The molecule has 1 saturated heterocycles. The molecule has 1 aliphatic heterocycles. The van der Waals surface area contributed by atoms with Crippen molar-refractivity contribution in [2.75, 3.05) is 11.9 Å². The zero-order chi connectivity index (χ0) is 10.7. The van der Waals surface area contributed by atoms with Crippen LogP contribution in [-0.2, 0) is 9.53 Å². The number of anilines is 1. The van der Waals surface area contributed by atoms with E-state index >= 15 is 0 Å². The fourth-order valence-corrected chi connectivity index (χ4v) is 1.47. The van der Waals surface area contributed by atoms with Gasteiger partial charge in [0.1, 0.15) is 11.3 Å². The molecule has 15 heavy (non-hydrogen) atoms. The van der Waals surface area contributed by atoms with E-state index in [9.17, 15) is 4.79 Å². The zero-order valence-electron chi connectivity index (χ0n) is 7.94. The Balaban J connectivity index is 1.96. The number of nitrogens with zero attached hydrogens (tertiary/aromatic N) is 2. The molecule has 0 spiro atoms. The number of aromatic nitrogens is 2. The first-order chi connectivity index (χ1) is 7.25. The number of hydrogen-bond donors (Lipinski definition) is 1. The first kappa shape index (κ1) is 10.3. The third-order valence-corrected chi connectivity index (χ3v) is 2.29. The average molecular weight is 228 g/mol. The highest BCUT2D eigenvalue weighted by molar-refractivity contribution is 6.29. The summed E-state index contributed by atoms with van der Waals surface area (Å²) in [6, 6.07) is 0. The molecular formula is C9H10ClN3O2. The summed E-state index contributed by atoms with van der Waals surface area (Å²) in [5, 5.41) is 2.91. The Morgan fingerprint density at radius 2 is 2.40 bits per heavy atom. The van der Waals surface area contributed by atoms with Crippen LogP contribution in [0.4, 0.5) is 5.82 Å². The van der Waals surface area contributed by atoms with Crippen LogP contribution in [0.15, 0.2) is 12.4 Å². The molecule has 2 rings (SSSR count). The Morgan fingerprint density at radius 1 is 1.53 bits per heavy atom. The van der Waals surface area contributed by atoms with Crippen LogP contribution < -0.4 is 5.32 Å². The molecule has 2 heterocycles. The molecule has 0 bridgehead atoms. The lowest BCUT2D eigenvalue weighted by Gasteiger charge is -2.08. The number of hydrogen-bond acceptors (Lipinski definition) is 4. The molecule has 1 unspecified atom stereocenters. The predicted octanol–water partition coefficient (Wildman–Crippen LogP) is 1.25. The van der Waals surface area contributed by atoms with Gasteiger partial charge in [-0.05, 0) is 12.8 Å². The van der Waals surface area contributed by atoms with E-state index in [0.29, 0.717) is 17.6 Å². The largest absolute Gasteiger partial charge is 0.368 e. The standard InChI is InChI=1S/C9H10ClN3O2/c10-7-4-12-8(5-11-7)13-9(14)6-2-1-3-15-6/h4-6H,1-3H2,(H,12,13,14). The van der Waals surface area contributed by atoms with Gasteiger partial charge in [0.05, 0.1) is 12.4 Å². The first-order valence-corrected chi connectivity index (χ1v) is 5.03. The van der Waals surface area contributed by atoms with Gasteiger partial charge in [-0.3, -0.25) is 4.79 Å². The molecule has 5 nitrogen and oxygen atoms in total. The highest BCUT2D eigenvalue weighted by atomic mass is 35.5. The summed E-state index contributed by atoms with van der Waals surface area (Å²) < 4.78 is 5.22. The van der Waals surface area contributed by atoms with Crippen LogP contribution in [0.25, 0.3) is 0 Å². The van der Waals surface area contributed by atoms with E-state index < -0.39 is 0 Å². The molecule has 6 heteroatoms. The molecule has 1 aliphatic rings. The quantitative estimate of drug-likeness (QED) is 0.826. The van der Waals surface area contributed by atoms with Crippen molar-refractivity contribution in [1.82, 2.24) is 9.97 Å². The molecule has 1 fully saturated rings. The lowest BCUT2D eigenvalue weighted by molar-refractivity contribution is -0.124. The maximum absolute atomic E-state index is 11.6. The minimum Gasteiger partial charge on any atom is -0.368 e. The van der Waals surface area contributed by atoms with Gasteiger partial charge in [0.2, 0.25) is 0 Å². The van der Waals surface area contributed by atoms with E-state index in [1.54, 1.807) is 0 Å². The van der Waals surface area contributed by atoms with Crippen LogP contribution in [0.2, 0.25) is 5.15 Å². The van der Waals surface area contributed by atoms with Gasteiger partial charge in [-0.1, -0.05) is 11.6 Å². The Hall–Kier alpha value is -1.20. The van der Waals surface area contributed by atoms with E-state index in [1.807, 2.05) is 0 Å². The molecule has 1 atom stereocenters. The smallest absolute Gasteiger partial charge is 0.254 e. The van der Waals surface area contributed by atoms with Crippen LogP contribution in [0.3, 0.4) is 0 Å². The van der Waals surface area contributed by atoms with E-state index in [2.05, 4.69) is 15.3 Å². The van der Waals surface area contributed by atoms with Crippen LogP contribution in [0.5, 0.6) is 0 Å². The number of carbonyl (C=O) groups excluding carboxylic acids is 1. The molecule has 1 aromatic rings. The van der Waals surface area contributed by atoms with Crippen LogP contribution in [-0.4, -0.2) is 28.6 Å². The van der Waals surface area contributed by atoms with Gasteiger partial charge in [-0.15, -0.1) is 0 Å². The summed E-state index contributed by atoms with van der Waals surface area (Å²) in [4.78, 5) is 19.3. The molecular weight excluding hydrogens is 218 g/mol. The minimum atomic E-state index is -0.359. The van der Waals surface area contributed by atoms with Crippen LogP contribution in [0.1, 0.15) is 12.8 Å². The molecule has 0 radical (unpaired) electrons. The van der Waals surface area contributed by atoms with E-state index in [-0.39, 0.29) is 12.0 Å². The lowest BCUT2D eigenvalue weighted by atomic mass is 10.2. The Labute approximate surface area is 91.8 Å². The van der Waals surface area contributed by atoms with Crippen molar-refractivity contribution in [3.05, 3.63) is 17.5 Å². The van der Waals surface area contributed by atoms with Gasteiger partial charge in [-0.25, -0.2) is 9.97 Å². The Kier molecular flexibility index (Phi) is 3.13. The highest BCUT2D eigenvalue weighted by Gasteiger charge is 2.23. The van der Waals surface area contributed by atoms with Crippen LogP contribution >= 0.6 is 11.6 Å². The molecule has 0 saturated carbocycles. The third kappa shape index (κ3) is 2.64. The number of nitrogens with one attached hydrogen (secondary N) is 1. The Morgan fingerprint density at radius 3 is 3.00 bits per heavy atom. The van der Waals surface area contributed by atoms with E-state index in [4.69, 9.17) is 16.3 Å². The summed E-state index contributed by atoms with van der Waals surface area (Å²) in [5.41, 5.74) is 0. The van der Waals surface area contributed by atoms with Crippen molar-refractivity contribution in [2.45, 2.75) is 18.9 Å². The van der Waals surface area contributed by atoms with Crippen LogP contribution in [0, 0.1) is 0 Å². The average Bonchev–Trinajstić information content (AvgIpc) is 2.74. The maximum Gasteiger partial charge on any atom is 0.254 e. The summed E-state index contributed by atoms with van der Waals surface area (Å²) in [6.07, 6.45) is 4.11. The zero-order valence-corrected chi connectivity index (χ0v) is 8.70. The predicted molar refractivity (Wildman–Crippen MR) is 54.6 cm³/mol. The van der Waals surface area contributed by atoms with Gasteiger partial charge >= 0.3 is 0 Å². The highest BCUT2D eigenvalue weighted by Crippen LogP contribution is 2.14. The fourth-order valence-electron chi connectivity index (χ4n) is 1.37. The van der Waals surface area contributed by atoms with Gasteiger partial charge in [0.15, 0.2) is 5.82 Å². The van der Waals surface area contributed by atoms with Crippen molar-refractivity contribution in [2.24, 2.45) is 0 Å². The van der Waals surface area contributed by atoms with Gasteiger partial charge in [0.25, 0.3) is 5.91 Å². The number of halogens is 1. The van der Waals surface area contributed by atoms with Gasteiger partial charge < -0.3 is 10.1 Å². The maximum atomic E-state index is 11.6. The molecule has 80 valence electrons. The topological polar surface area (TPSA) is 64.1 Å². The second-order valence-electron chi connectivity index (χ2n) is 3.22. The van der Waals surface area contributed by atoms with Crippen molar-refractivity contribution in [3.63, 3.8) is 0 Å². The SMILES string of the molecule is O=C(Nc1cnc(Cl)cn1)C1CCCO1. The number of amides is 1. The van der Waals surface area contributed by atoms with E-state index in [1.165, 1.54) is 12.4 Å². The van der Waals surface area contributed by atoms with Gasteiger partial charge in [0, 0.05) is 6.61 Å². The van der Waals surface area contributed by atoms with Crippen molar-refractivity contribution in [3.8, 4) is 0 Å². The summed E-state index contributed by atoms with van der Waals surface area (Å²) >= 11 is 5.56. The molecule has 0 aromatic carbocycles. The monoisotopic (exact) mass is 227 g/mol. The second-order valence-corrected chi connectivity index (χ2v) is 3.60. The molecule has 0 aliphatic carbocycles. The second kappa shape index (κ2) is 4.55. The molecule has 1 amide bonds. The number of carbonyl (C=O) groups is 1. The number of rotatable bonds is 2. The lowest BCUT2D eigenvalue weighted by Crippen LogP contribution is -2.27. The minimum absolute atomic E-state index is 0.177. The molecule has 1 aromatic heterocycles.